The molecule has 0 heterocycles. The van der Waals surface area contributed by atoms with Gasteiger partial charge in [0.1, 0.15) is 5.78 Å². The molecule has 0 saturated carbocycles. The third kappa shape index (κ3) is 4.56. The van der Waals surface area contributed by atoms with E-state index in [0.717, 1.165) is 59.1 Å². The van der Waals surface area contributed by atoms with E-state index in [4.69, 9.17) is 0 Å². The monoisotopic (exact) mass is 626 g/mol. The van der Waals surface area contributed by atoms with Crippen molar-refractivity contribution in [2.24, 2.45) is 33.5 Å². The molecule has 0 spiro atoms. The van der Waals surface area contributed by atoms with Crippen LogP contribution in [0.4, 0.5) is 0 Å². The number of hydrogen-bond donors (Lipinski definition) is 2. The second-order valence-corrected chi connectivity index (χ2v) is 16.6. The first-order valence-electron chi connectivity index (χ1n) is 17.3. The van der Waals surface area contributed by atoms with E-state index in [2.05, 4.69) is 27.7 Å². The Labute approximate surface area is 273 Å². The highest BCUT2D eigenvalue weighted by molar-refractivity contribution is 6.13. The normalized spacial score (nSPS) is 35.0. The smallest absolute Gasteiger partial charge is 0.224 e. The van der Waals surface area contributed by atoms with Gasteiger partial charge in [0.2, 0.25) is 11.6 Å². The fraction of sp³-hybridized carbons (Fsp3) is 0.600. The van der Waals surface area contributed by atoms with E-state index in [9.17, 15) is 29.4 Å². The fourth-order valence-electron chi connectivity index (χ4n) is 10.3. The third-order valence-corrected chi connectivity index (χ3v) is 12.8. The van der Waals surface area contributed by atoms with Crippen molar-refractivity contribution in [3.8, 4) is 0 Å². The van der Waals surface area contributed by atoms with Crippen LogP contribution in [0.25, 0.3) is 0 Å². The summed E-state index contributed by atoms with van der Waals surface area (Å²) in [7, 11) is 0. The molecule has 0 aromatic rings. The zero-order valence-corrected chi connectivity index (χ0v) is 28.9. The van der Waals surface area contributed by atoms with Gasteiger partial charge in [0.05, 0.1) is 0 Å². The minimum atomic E-state index is -0.579. The average molecular weight is 627 g/mol. The summed E-state index contributed by atoms with van der Waals surface area (Å²) in [5.74, 6) is -0.612. The topological polar surface area (TPSA) is 109 Å². The van der Waals surface area contributed by atoms with Crippen LogP contribution in [0.5, 0.6) is 0 Å². The Bertz CT molecular complexity index is 1690. The zero-order chi connectivity index (χ0) is 33.7. The molecule has 0 amide bonds. The Morgan fingerprint density at radius 3 is 1.70 bits per heavy atom. The molecule has 0 aromatic carbocycles. The molecule has 4 atom stereocenters. The predicted molar refractivity (Wildman–Crippen MR) is 178 cm³/mol. The summed E-state index contributed by atoms with van der Waals surface area (Å²) in [6, 6.07) is 0. The molecule has 0 radical (unpaired) electrons. The standard InChI is InChI=1S/C40H50O6/c1-21(2)31-36(46)34(44)29-19-27-25(30(42)11-12-37(27,5)13-15-39(29,31)7)10-9-23-17-24(41)20-38(6)14-16-40(8)28(18-26(23)38)33(43)35(45)32(40)22(3)4/h18-19,21-22,45-46H,9-17,20H2,1-8H3/t37-,38+,39-,40-/m0/s1. The summed E-state index contributed by atoms with van der Waals surface area (Å²) in [4.78, 5) is 54.0. The maximum Gasteiger partial charge on any atom is 0.224 e. The Morgan fingerprint density at radius 2 is 1.17 bits per heavy atom. The summed E-state index contributed by atoms with van der Waals surface area (Å²) < 4.78 is 0. The van der Waals surface area contributed by atoms with Gasteiger partial charge in [-0.2, -0.15) is 0 Å². The highest BCUT2D eigenvalue weighted by Gasteiger charge is 2.53. The Morgan fingerprint density at radius 1 is 0.674 bits per heavy atom. The first kappa shape index (κ1) is 32.7. The van der Waals surface area contributed by atoms with Crippen LogP contribution in [-0.2, 0) is 19.2 Å². The lowest BCUT2D eigenvalue weighted by atomic mass is 9.65. The van der Waals surface area contributed by atoms with Gasteiger partial charge in [0.15, 0.2) is 17.3 Å². The van der Waals surface area contributed by atoms with Crippen molar-refractivity contribution >= 4 is 23.1 Å². The number of hydrogen-bond acceptors (Lipinski definition) is 6. The van der Waals surface area contributed by atoms with Crippen molar-refractivity contribution in [1.29, 1.82) is 0 Å². The van der Waals surface area contributed by atoms with Gasteiger partial charge in [-0.05, 0) is 102 Å². The quantitative estimate of drug-likeness (QED) is 0.316. The lowest BCUT2D eigenvalue weighted by molar-refractivity contribution is -0.121. The third-order valence-electron chi connectivity index (χ3n) is 12.8. The molecular weight excluding hydrogens is 576 g/mol. The molecule has 6 aliphatic carbocycles. The molecule has 246 valence electrons. The highest BCUT2D eigenvalue weighted by atomic mass is 16.3. The van der Waals surface area contributed by atoms with Gasteiger partial charge in [0.25, 0.3) is 0 Å². The SMILES string of the molecule is CC(C)C1=C(O)C(=O)C2=CC3=C(CCC4=C5C=C6C(=O)C(O)=C(C(C)C)[C@@]6(C)CC[C@]5(C)CCC4=O)CC(=O)C[C@@]3(C)CC[C@@]21C. The van der Waals surface area contributed by atoms with Crippen LogP contribution in [0.15, 0.2) is 68.3 Å². The number of carbonyl (C=O) groups is 4. The van der Waals surface area contributed by atoms with Crippen molar-refractivity contribution in [1.82, 2.24) is 0 Å². The van der Waals surface area contributed by atoms with Gasteiger partial charge in [-0.1, -0.05) is 67.0 Å². The molecule has 2 N–H and O–H groups in total. The number of aliphatic hydroxyl groups is 2. The maximum atomic E-state index is 13.7. The Hall–Kier alpha value is -3.28. The minimum absolute atomic E-state index is 0.0129. The number of Topliss-reactive ketones (excluding diaryl/α,β-unsaturated/α-hetero) is 4. The van der Waals surface area contributed by atoms with E-state index in [0.29, 0.717) is 43.3 Å². The molecule has 0 unspecified atom stereocenters. The van der Waals surface area contributed by atoms with Crippen molar-refractivity contribution < 1.29 is 29.4 Å². The summed E-state index contributed by atoms with van der Waals surface area (Å²) in [5.41, 5.74) is 4.57. The van der Waals surface area contributed by atoms with Crippen LogP contribution >= 0.6 is 0 Å². The molecule has 46 heavy (non-hydrogen) atoms. The molecule has 0 saturated heterocycles. The summed E-state index contributed by atoms with van der Waals surface area (Å²) in [6.07, 6.45) is 9.70. The van der Waals surface area contributed by atoms with Crippen LogP contribution < -0.4 is 0 Å². The van der Waals surface area contributed by atoms with E-state index >= 15 is 0 Å². The second-order valence-electron chi connectivity index (χ2n) is 16.6. The van der Waals surface area contributed by atoms with E-state index in [1.165, 1.54) is 0 Å². The lowest BCUT2D eigenvalue weighted by Crippen LogP contribution is -2.30. The molecule has 6 rings (SSSR count). The van der Waals surface area contributed by atoms with Crippen LogP contribution in [0.1, 0.15) is 120 Å². The number of ketones is 4. The van der Waals surface area contributed by atoms with Gasteiger partial charge >= 0.3 is 0 Å². The maximum absolute atomic E-state index is 13.7. The Kier molecular flexibility index (Phi) is 7.54. The molecular formula is C40H50O6. The van der Waals surface area contributed by atoms with Crippen molar-refractivity contribution in [2.45, 2.75) is 120 Å². The van der Waals surface area contributed by atoms with Gasteiger partial charge in [0, 0.05) is 41.2 Å². The van der Waals surface area contributed by atoms with E-state index < -0.39 is 16.2 Å². The zero-order valence-electron chi connectivity index (χ0n) is 28.9. The molecule has 6 aliphatic rings. The van der Waals surface area contributed by atoms with Crippen molar-refractivity contribution in [3.05, 3.63) is 68.3 Å². The second kappa shape index (κ2) is 10.6. The first-order chi connectivity index (χ1) is 21.4. The van der Waals surface area contributed by atoms with E-state index in [-0.39, 0.29) is 58.3 Å². The highest BCUT2D eigenvalue weighted by Crippen LogP contribution is 2.60. The molecule has 6 nitrogen and oxygen atoms in total. The average Bonchev–Trinajstić information content (AvgIpc) is 3.14. The van der Waals surface area contributed by atoms with E-state index in [1.807, 2.05) is 39.8 Å². The van der Waals surface area contributed by atoms with Crippen molar-refractivity contribution in [3.63, 3.8) is 0 Å². The number of aliphatic hydroxyl groups excluding tert-OH is 2. The van der Waals surface area contributed by atoms with Crippen LogP contribution in [0.3, 0.4) is 0 Å². The minimum Gasteiger partial charge on any atom is -0.504 e. The lowest BCUT2D eigenvalue weighted by Gasteiger charge is -2.38. The number of rotatable bonds is 5. The van der Waals surface area contributed by atoms with Crippen LogP contribution in [0.2, 0.25) is 0 Å². The Balaban J connectivity index is 1.45. The van der Waals surface area contributed by atoms with Crippen LogP contribution in [-0.4, -0.2) is 33.3 Å². The van der Waals surface area contributed by atoms with Crippen LogP contribution in [0, 0.1) is 33.5 Å². The molecule has 0 aliphatic heterocycles. The number of carbonyl (C=O) groups excluding carboxylic acids is 4. The predicted octanol–water partition coefficient (Wildman–Crippen LogP) is 8.65. The first-order valence-corrected chi connectivity index (χ1v) is 17.3. The van der Waals surface area contributed by atoms with Crippen molar-refractivity contribution in [2.75, 3.05) is 0 Å². The molecule has 0 bridgehead atoms. The van der Waals surface area contributed by atoms with Gasteiger partial charge in [-0.3, -0.25) is 19.2 Å². The molecule has 0 aromatic heterocycles. The van der Waals surface area contributed by atoms with Gasteiger partial charge in [-0.15, -0.1) is 0 Å². The van der Waals surface area contributed by atoms with E-state index in [1.54, 1.807) is 0 Å². The number of allylic oxidation sites excluding steroid dienone is 10. The summed E-state index contributed by atoms with van der Waals surface area (Å²) in [5, 5.41) is 21.9. The van der Waals surface area contributed by atoms with Gasteiger partial charge < -0.3 is 10.2 Å². The summed E-state index contributed by atoms with van der Waals surface area (Å²) in [6.45, 7) is 16.5. The molecule has 6 heteroatoms. The largest absolute Gasteiger partial charge is 0.504 e. The fourth-order valence-corrected chi connectivity index (χ4v) is 10.3. The number of fused-ring (bicyclic) bond motifs is 4. The van der Waals surface area contributed by atoms with Gasteiger partial charge in [-0.25, -0.2) is 0 Å². The summed E-state index contributed by atoms with van der Waals surface area (Å²) >= 11 is 0. The molecule has 0 fully saturated rings.